The van der Waals surface area contributed by atoms with Crippen LogP contribution in [0.2, 0.25) is 0 Å². The van der Waals surface area contributed by atoms with Gasteiger partial charge in [-0.05, 0) is 26.7 Å². The Kier molecular flexibility index (Phi) is 14.7. The van der Waals surface area contributed by atoms with Crippen molar-refractivity contribution in [1.29, 1.82) is 0 Å². The highest BCUT2D eigenvalue weighted by atomic mass is 16.7. The molecule has 0 aromatic carbocycles. The number of rotatable bonds is 8. The lowest BCUT2D eigenvalue weighted by molar-refractivity contribution is -0.208. The molecule has 0 rings (SSSR count). The SMILES string of the molecule is CC(O)COCC(C)O.CCC(O)OC(O)CC. The van der Waals surface area contributed by atoms with E-state index in [2.05, 4.69) is 4.74 Å². The summed E-state index contributed by atoms with van der Waals surface area (Å²) in [4.78, 5) is 0. The number of hydrogen-bond donors (Lipinski definition) is 4. The van der Waals surface area contributed by atoms with Crippen LogP contribution in [-0.4, -0.2) is 58.4 Å². The standard InChI is InChI=1S/2C6H14O3/c1-5(7)3-9-4-6(2)8;1-3-5(7)9-6(8)4-2/h2*5-8H,3-4H2,1-2H3. The van der Waals surface area contributed by atoms with Crippen LogP contribution in [0.3, 0.4) is 0 Å². The third-order valence-corrected chi connectivity index (χ3v) is 1.73. The first-order chi connectivity index (χ1) is 8.33. The Morgan fingerprint density at radius 2 is 1.11 bits per heavy atom. The van der Waals surface area contributed by atoms with Crippen LogP contribution in [0.15, 0.2) is 0 Å². The fourth-order valence-corrected chi connectivity index (χ4v) is 0.783. The fourth-order valence-electron chi connectivity index (χ4n) is 0.783. The molecule has 6 heteroatoms. The number of ether oxygens (including phenoxy) is 2. The van der Waals surface area contributed by atoms with Gasteiger partial charge in [0, 0.05) is 0 Å². The smallest absolute Gasteiger partial charge is 0.157 e. The number of aliphatic hydroxyl groups excluding tert-OH is 4. The summed E-state index contributed by atoms with van der Waals surface area (Å²) in [7, 11) is 0. The summed E-state index contributed by atoms with van der Waals surface area (Å²) in [5.74, 6) is 0. The average molecular weight is 268 g/mol. The molecule has 0 amide bonds. The topological polar surface area (TPSA) is 99.4 Å². The number of hydrogen-bond acceptors (Lipinski definition) is 6. The molecule has 0 heterocycles. The van der Waals surface area contributed by atoms with Gasteiger partial charge in [-0.2, -0.15) is 0 Å². The van der Waals surface area contributed by atoms with Crippen molar-refractivity contribution in [3.63, 3.8) is 0 Å². The van der Waals surface area contributed by atoms with Gasteiger partial charge < -0.3 is 29.9 Å². The van der Waals surface area contributed by atoms with Gasteiger partial charge in [-0.25, -0.2) is 0 Å². The van der Waals surface area contributed by atoms with Crippen LogP contribution in [0.4, 0.5) is 0 Å². The zero-order valence-electron chi connectivity index (χ0n) is 11.7. The first kappa shape index (κ1) is 20.1. The summed E-state index contributed by atoms with van der Waals surface area (Å²) in [6.45, 7) is 7.44. The van der Waals surface area contributed by atoms with E-state index in [1.165, 1.54) is 0 Å². The maximum atomic E-state index is 8.78. The van der Waals surface area contributed by atoms with Gasteiger partial charge in [-0.3, -0.25) is 0 Å². The predicted octanol–water partition coefficient (Wildman–Crippen LogP) is 0.224. The van der Waals surface area contributed by atoms with Crippen molar-refractivity contribution in [2.45, 2.75) is 65.3 Å². The van der Waals surface area contributed by atoms with E-state index >= 15 is 0 Å². The van der Waals surface area contributed by atoms with Gasteiger partial charge in [0.15, 0.2) is 12.6 Å². The van der Waals surface area contributed by atoms with E-state index in [0.29, 0.717) is 26.1 Å². The van der Waals surface area contributed by atoms with Gasteiger partial charge in [-0.1, -0.05) is 13.8 Å². The molecule has 4 atom stereocenters. The van der Waals surface area contributed by atoms with Gasteiger partial charge >= 0.3 is 0 Å². The molecule has 6 nitrogen and oxygen atoms in total. The highest BCUT2D eigenvalue weighted by Crippen LogP contribution is 1.99. The Hall–Kier alpha value is -0.240. The Morgan fingerprint density at radius 1 is 0.778 bits per heavy atom. The summed E-state index contributed by atoms with van der Waals surface area (Å²) in [6, 6.07) is 0. The van der Waals surface area contributed by atoms with Gasteiger partial charge in [0.05, 0.1) is 25.4 Å². The van der Waals surface area contributed by atoms with E-state index in [4.69, 9.17) is 25.2 Å². The average Bonchev–Trinajstić information content (AvgIpc) is 2.28. The molecular weight excluding hydrogens is 240 g/mol. The largest absolute Gasteiger partial charge is 0.391 e. The molecule has 0 saturated carbocycles. The lowest BCUT2D eigenvalue weighted by atomic mass is 10.4. The second-order valence-electron chi connectivity index (χ2n) is 4.10. The summed E-state index contributed by atoms with van der Waals surface area (Å²) < 4.78 is 9.52. The molecule has 4 N–H and O–H groups in total. The molecule has 0 saturated heterocycles. The van der Waals surface area contributed by atoms with Gasteiger partial charge in [-0.15, -0.1) is 0 Å². The van der Waals surface area contributed by atoms with E-state index < -0.39 is 24.8 Å². The molecule has 0 bridgehead atoms. The molecule has 112 valence electrons. The summed E-state index contributed by atoms with van der Waals surface area (Å²) in [6.07, 6.45) is -1.50. The molecule has 0 radical (unpaired) electrons. The minimum Gasteiger partial charge on any atom is -0.391 e. The first-order valence-electron chi connectivity index (χ1n) is 6.28. The molecule has 0 fully saturated rings. The number of aliphatic hydroxyl groups is 4. The molecule has 0 aliphatic heterocycles. The van der Waals surface area contributed by atoms with Gasteiger partial charge in [0.25, 0.3) is 0 Å². The molecule has 0 spiro atoms. The zero-order chi connectivity index (χ0) is 14.6. The summed E-state index contributed by atoms with van der Waals surface area (Å²) >= 11 is 0. The molecule has 0 aromatic rings. The lowest BCUT2D eigenvalue weighted by Gasteiger charge is -2.13. The second-order valence-corrected chi connectivity index (χ2v) is 4.10. The van der Waals surface area contributed by atoms with Crippen molar-refractivity contribution in [3.8, 4) is 0 Å². The van der Waals surface area contributed by atoms with Crippen LogP contribution < -0.4 is 0 Å². The molecule has 0 aromatic heterocycles. The minimum absolute atomic E-state index is 0.297. The molecule has 4 unspecified atom stereocenters. The van der Waals surface area contributed by atoms with Crippen LogP contribution in [-0.2, 0) is 9.47 Å². The van der Waals surface area contributed by atoms with Crippen molar-refractivity contribution in [3.05, 3.63) is 0 Å². The zero-order valence-corrected chi connectivity index (χ0v) is 11.7. The molecule has 0 aliphatic carbocycles. The second kappa shape index (κ2) is 13.2. The highest BCUT2D eigenvalue weighted by molar-refractivity contribution is 4.45. The van der Waals surface area contributed by atoms with Crippen LogP contribution >= 0.6 is 0 Å². The van der Waals surface area contributed by atoms with Crippen LogP contribution in [0.1, 0.15) is 40.5 Å². The van der Waals surface area contributed by atoms with Crippen molar-refractivity contribution in [1.82, 2.24) is 0 Å². The Bertz CT molecular complexity index is 147. The first-order valence-corrected chi connectivity index (χ1v) is 6.28. The monoisotopic (exact) mass is 268 g/mol. The van der Waals surface area contributed by atoms with Crippen LogP contribution in [0, 0.1) is 0 Å². The summed E-state index contributed by atoms with van der Waals surface area (Å²) in [5, 5.41) is 34.9. The van der Waals surface area contributed by atoms with Gasteiger partial charge in [0.2, 0.25) is 0 Å². The van der Waals surface area contributed by atoms with E-state index in [-0.39, 0.29) is 0 Å². The maximum absolute atomic E-state index is 8.78. The predicted molar refractivity (Wildman–Crippen MR) is 67.9 cm³/mol. The third kappa shape index (κ3) is 18.1. The minimum atomic E-state index is -0.819. The summed E-state index contributed by atoms with van der Waals surface area (Å²) in [5.41, 5.74) is 0. The Labute approximate surface area is 109 Å². The van der Waals surface area contributed by atoms with E-state index in [9.17, 15) is 0 Å². The van der Waals surface area contributed by atoms with Crippen molar-refractivity contribution >= 4 is 0 Å². The van der Waals surface area contributed by atoms with Crippen molar-refractivity contribution in [2.75, 3.05) is 13.2 Å². The highest BCUT2D eigenvalue weighted by Gasteiger charge is 2.05. The van der Waals surface area contributed by atoms with Gasteiger partial charge in [0.1, 0.15) is 0 Å². The van der Waals surface area contributed by atoms with E-state index in [1.54, 1.807) is 27.7 Å². The van der Waals surface area contributed by atoms with Crippen molar-refractivity contribution < 1.29 is 29.9 Å². The Balaban J connectivity index is 0. The molecule has 18 heavy (non-hydrogen) atoms. The Morgan fingerprint density at radius 3 is 1.33 bits per heavy atom. The fraction of sp³-hybridized carbons (Fsp3) is 1.00. The normalized spacial score (nSPS) is 17.3. The molecular formula is C12H28O6. The lowest BCUT2D eigenvalue weighted by Crippen LogP contribution is -2.19. The van der Waals surface area contributed by atoms with Crippen LogP contribution in [0.5, 0.6) is 0 Å². The van der Waals surface area contributed by atoms with E-state index in [0.717, 1.165) is 0 Å². The third-order valence-electron chi connectivity index (χ3n) is 1.73. The maximum Gasteiger partial charge on any atom is 0.157 e. The molecule has 0 aliphatic rings. The van der Waals surface area contributed by atoms with Crippen molar-refractivity contribution in [2.24, 2.45) is 0 Å². The van der Waals surface area contributed by atoms with E-state index in [1.807, 2.05) is 0 Å². The van der Waals surface area contributed by atoms with Crippen LogP contribution in [0.25, 0.3) is 0 Å². The quantitative estimate of drug-likeness (QED) is 0.470.